The Morgan fingerprint density at radius 3 is 1.74 bits per heavy atom. The molecule has 1 fully saturated rings. The fourth-order valence-corrected chi connectivity index (χ4v) is 5.41. The molecular formula is C38H30O9. The van der Waals surface area contributed by atoms with Gasteiger partial charge in [0.05, 0.1) is 16.7 Å². The molecule has 236 valence electrons. The lowest BCUT2D eigenvalue weighted by molar-refractivity contribution is -0.160. The normalized spacial score (nSPS) is 18.3. The molecule has 1 aliphatic heterocycles. The van der Waals surface area contributed by atoms with Crippen LogP contribution in [0.25, 0.3) is 0 Å². The molecule has 1 aliphatic carbocycles. The van der Waals surface area contributed by atoms with Crippen molar-refractivity contribution in [2.75, 3.05) is 0 Å². The molecule has 0 radical (unpaired) electrons. The van der Waals surface area contributed by atoms with Gasteiger partial charge in [0, 0.05) is 24.5 Å². The Morgan fingerprint density at radius 2 is 1.19 bits per heavy atom. The summed E-state index contributed by atoms with van der Waals surface area (Å²) in [6, 6.07) is 30.2. The van der Waals surface area contributed by atoms with Crippen molar-refractivity contribution in [1.29, 1.82) is 0 Å². The SMILES string of the molecule is CC(=O)OC1CC2CC=C(OC(=O)c3ccccc3)C=C2OC1c1ccc(OC(=O)c2ccccc2)c(OC(=O)c2ccccc2)c1. The number of ether oxygens (including phenoxy) is 5. The van der Waals surface area contributed by atoms with E-state index in [2.05, 4.69) is 0 Å². The number of hydrogen-bond acceptors (Lipinski definition) is 9. The van der Waals surface area contributed by atoms with Crippen LogP contribution < -0.4 is 9.47 Å². The van der Waals surface area contributed by atoms with Gasteiger partial charge in [0.2, 0.25) is 0 Å². The fraction of sp³-hybridized carbons (Fsp3) is 0.158. The molecule has 6 rings (SSSR count). The predicted octanol–water partition coefficient (Wildman–Crippen LogP) is 7.16. The van der Waals surface area contributed by atoms with Gasteiger partial charge in [0.15, 0.2) is 17.6 Å². The van der Waals surface area contributed by atoms with Crippen LogP contribution in [0.5, 0.6) is 11.5 Å². The third-order valence-electron chi connectivity index (χ3n) is 7.67. The van der Waals surface area contributed by atoms with Crippen LogP contribution in [0.4, 0.5) is 0 Å². The smallest absolute Gasteiger partial charge is 0.343 e. The Bertz CT molecular complexity index is 1850. The maximum Gasteiger partial charge on any atom is 0.343 e. The third kappa shape index (κ3) is 7.48. The van der Waals surface area contributed by atoms with Gasteiger partial charge in [-0.05, 0) is 67.4 Å². The number of rotatable bonds is 8. The number of allylic oxidation sites excluding steroid dienone is 3. The molecule has 0 N–H and O–H groups in total. The monoisotopic (exact) mass is 630 g/mol. The first-order valence-corrected chi connectivity index (χ1v) is 15.1. The molecule has 4 aromatic carbocycles. The summed E-state index contributed by atoms with van der Waals surface area (Å²) in [4.78, 5) is 50.9. The summed E-state index contributed by atoms with van der Waals surface area (Å²) in [5.74, 6) is -1.52. The quantitative estimate of drug-likeness (QED) is 0.148. The number of fused-ring (bicyclic) bond motifs is 1. The molecule has 1 heterocycles. The summed E-state index contributed by atoms with van der Waals surface area (Å²) in [5.41, 5.74) is 1.53. The Kier molecular flexibility index (Phi) is 9.24. The van der Waals surface area contributed by atoms with Crippen molar-refractivity contribution in [3.05, 3.63) is 155 Å². The van der Waals surface area contributed by atoms with Gasteiger partial charge < -0.3 is 23.7 Å². The van der Waals surface area contributed by atoms with Crippen LogP contribution in [0.2, 0.25) is 0 Å². The highest BCUT2D eigenvalue weighted by atomic mass is 16.6. The van der Waals surface area contributed by atoms with Crippen LogP contribution in [-0.2, 0) is 19.0 Å². The van der Waals surface area contributed by atoms with E-state index in [4.69, 9.17) is 23.7 Å². The Balaban J connectivity index is 1.30. The van der Waals surface area contributed by atoms with Gasteiger partial charge in [-0.3, -0.25) is 4.79 Å². The van der Waals surface area contributed by atoms with E-state index in [9.17, 15) is 19.2 Å². The zero-order valence-corrected chi connectivity index (χ0v) is 25.4. The zero-order chi connectivity index (χ0) is 32.8. The van der Waals surface area contributed by atoms with Gasteiger partial charge in [0.25, 0.3) is 0 Å². The molecule has 3 unspecified atom stereocenters. The second kappa shape index (κ2) is 14.0. The molecule has 1 saturated heterocycles. The molecule has 47 heavy (non-hydrogen) atoms. The minimum absolute atomic E-state index is 0.0135. The maximum absolute atomic E-state index is 13.1. The second-order valence-electron chi connectivity index (χ2n) is 11.0. The molecule has 3 atom stereocenters. The number of carbonyl (C=O) groups excluding carboxylic acids is 4. The van der Waals surface area contributed by atoms with Gasteiger partial charge >= 0.3 is 23.9 Å². The number of esters is 4. The van der Waals surface area contributed by atoms with Gasteiger partial charge in [-0.15, -0.1) is 0 Å². The molecule has 0 bridgehead atoms. The van der Waals surface area contributed by atoms with Crippen molar-refractivity contribution >= 4 is 23.9 Å². The van der Waals surface area contributed by atoms with Crippen LogP contribution in [-0.4, -0.2) is 30.0 Å². The zero-order valence-electron chi connectivity index (χ0n) is 25.4. The van der Waals surface area contributed by atoms with E-state index in [0.29, 0.717) is 46.6 Å². The Hall–Kier alpha value is -5.96. The molecule has 2 aliphatic rings. The summed E-state index contributed by atoms with van der Waals surface area (Å²) in [5, 5.41) is 0. The highest BCUT2D eigenvalue weighted by Crippen LogP contribution is 2.44. The van der Waals surface area contributed by atoms with Gasteiger partial charge in [-0.1, -0.05) is 60.7 Å². The topological polar surface area (TPSA) is 114 Å². The largest absolute Gasteiger partial charge is 0.486 e. The van der Waals surface area contributed by atoms with Crippen LogP contribution in [0.1, 0.15) is 62.5 Å². The number of hydrogen-bond donors (Lipinski definition) is 0. The number of carbonyl (C=O) groups is 4. The summed E-state index contributed by atoms with van der Waals surface area (Å²) < 4.78 is 29.2. The first-order valence-electron chi connectivity index (χ1n) is 15.1. The molecule has 0 amide bonds. The van der Waals surface area contributed by atoms with E-state index >= 15 is 0 Å². The van der Waals surface area contributed by atoms with E-state index in [1.807, 2.05) is 6.07 Å². The molecular weight excluding hydrogens is 600 g/mol. The lowest BCUT2D eigenvalue weighted by atomic mass is 9.85. The first kappa shape index (κ1) is 31.0. The van der Waals surface area contributed by atoms with Crippen molar-refractivity contribution in [3.8, 4) is 11.5 Å². The van der Waals surface area contributed by atoms with Crippen molar-refractivity contribution in [2.24, 2.45) is 5.92 Å². The second-order valence-corrected chi connectivity index (χ2v) is 11.0. The average molecular weight is 631 g/mol. The molecule has 4 aromatic rings. The lowest BCUT2D eigenvalue weighted by Crippen LogP contribution is -2.35. The summed E-state index contributed by atoms with van der Waals surface area (Å²) in [6.45, 7) is 1.32. The third-order valence-corrected chi connectivity index (χ3v) is 7.67. The highest BCUT2D eigenvalue weighted by molar-refractivity contribution is 5.93. The van der Waals surface area contributed by atoms with Crippen LogP contribution >= 0.6 is 0 Å². The van der Waals surface area contributed by atoms with Crippen molar-refractivity contribution < 1.29 is 42.9 Å². The molecule has 0 saturated carbocycles. The van der Waals surface area contributed by atoms with E-state index in [0.717, 1.165) is 0 Å². The summed E-state index contributed by atoms with van der Waals surface area (Å²) in [7, 11) is 0. The lowest BCUT2D eigenvalue weighted by Gasteiger charge is -2.39. The number of benzene rings is 4. The molecule has 9 heteroatoms. The van der Waals surface area contributed by atoms with E-state index in [-0.39, 0.29) is 17.4 Å². The van der Waals surface area contributed by atoms with E-state index < -0.39 is 36.1 Å². The molecule has 0 aromatic heterocycles. The predicted molar refractivity (Wildman–Crippen MR) is 169 cm³/mol. The van der Waals surface area contributed by atoms with Gasteiger partial charge in [-0.25, -0.2) is 14.4 Å². The van der Waals surface area contributed by atoms with E-state index in [1.54, 1.807) is 103 Å². The fourth-order valence-electron chi connectivity index (χ4n) is 5.41. The molecule has 0 spiro atoms. The minimum atomic E-state index is -0.821. The van der Waals surface area contributed by atoms with Crippen LogP contribution in [0.3, 0.4) is 0 Å². The van der Waals surface area contributed by atoms with Crippen molar-refractivity contribution in [2.45, 2.75) is 32.0 Å². The minimum Gasteiger partial charge on any atom is -0.486 e. The molecule has 9 nitrogen and oxygen atoms in total. The van der Waals surface area contributed by atoms with Gasteiger partial charge in [0.1, 0.15) is 17.6 Å². The Labute approximate surface area is 271 Å². The van der Waals surface area contributed by atoms with Crippen LogP contribution in [0.15, 0.2) is 133 Å². The van der Waals surface area contributed by atoms with Crippen molar-refractivity contribution in [3.63, 3.8) is 0 Å². The first-order chi connectivity index (χ1) is 22.8. The average Bonchev–Trinajstić information content (AvgIpc) is 3.09. The summed E-state index contributed by atoms with van der Waals surface area (Å²) in [6.07, 6.45) is 2.89. The maximum atomic E-state index is 13.1. The van der Waals surface area contributed by atoms with E-state index in [1.165, 1.54) is 19.1 Å². The Morgan fingerprint density at radius 1 is 0.660 bits per heavy atom. The van der Waals surface area contributed by atoms with Crippen molar-refractivity contribution in [1.82, 2.24) is 0 Å². The van der Waals surface area contributed by atoms with Gasteiger partial charge in [-0.2, -0.15) is 0 Å². The highest BCUT2D eigenvalue weighted by Gasteiger charge is 2.40. The van der Waals surface area contributed by atoms with Crippen LogP contribution in [0, 0.1) is 5.92 Å². The standard InChI is InChI=1S/C38H30O9/c1-24(39)43-34-21-28-17-19-30(44-36(40)25-11-5-2-6-12-25)23-32(28)45-35(34)29-18-20-31(46-37(41)26-13-7-3-8-14-26)33(22-29)47-38(42)27-15-9-4-10-16-27/h2-16,18-20,22-23,28,34-35H,17,21H2,1H3. The summed E-state index contributed by atoms with van der Waals surface area (Å²) >= 11 is 0.